The van der Waals surface area contributed by atoms with Gasteiger partial charge < -0.3 is 9.47 Å². The molecule has 0 heterocycles. The number of halogens is 4. The Labute approximate surface area is 210 Å². The van der Waals surface area contributed by atoms with Crippen LogP contribution in [0.25, 0.3) is 0 Å². The van der Waals surface area contributed by atoms with Gasteiger partial charge in [-0.1, -0.05) is 18.2 Å². The van der Waals surface area contributed by atoms with E-state index in [0.29, 0.717) is 5.75 Å². The van der Waals surface area contributed by atoms with Crippen LogP contribution < -0.4 is 9.47 Å². The smallest absolute Gasteiger partial charge is 0.443 e. The topological polar surface area (TPSA) is 72.8 Å². The molecule has 0 fully saturated rings. The van der Waals surface area contributed by atoms with E-state index in [4.69, 9.17) is 14.0 Å². The third-order valence-electron chi connectivity index (χ3n) is 4.78. The number of ether oxygens (including phenoxy) is 2. The van der Waals surface area contributed by atoms with Gasteiger partial charge in [0, 0.05) is 0 Å². The molecule has 3 rings (SSSR count). The summed E-state index contributed by atoms with van der Waals surface area (Å²) < 4.78 is 94.6. The SMILES string of the molecule is CC(C)(C)Oc1ccc([S+](c2ccccc2)c2ccc(OCC(F)(C(F)(F)F)S(=O)(=O)O)cc2)cc1. The van der Waals surface area contributed by atoms with Crippen LogP contribution in [-0.4, -0.2) is 36.4 Å². The molecule has 0 amide bonds. The van der Waals surface area contributed by atoms with E-state index in [1.54, 1.807) is 12.1 Å². The van der Waals surface area contributed by atoms with Gasteiger partial charge in [-0.05, 0) is 81.4 Å². The fraction of sp³-hybridized carbons (Fsp3) is 0.280. The Kier molecular flexibility index (Phi) is 7.97. The van der Waals surface area contributed by atoms with Crippen LogP contribution >= 0.6 is 0 Å². The van der Waals surface area contributed by atoms with Gasteiger partial charge in [0.25, 0.3) is 0 Å². The lowest BCUT2D eigenvalue weighted by Crippen LogP contribution is -2.52. The van der Waals surface area contributed by atoms with E-state index in [0.717, 1.165) is 14.7 Å². The molecule has 0 radical (unpaired) electrons. The fourth-order valence-electron chi connectivity index (χ4n) is 3.11. The zero-order valence-electron chi connectivity index (χ0n) is 19.6. The molecule has 0 saturated heterocycles. The first kappa shape index (κ1) is 27.8. The number of alkyl halides is 4. The van der Waals surface area contributed by atoms with Crippen LogP contribution in [0.5, 0.6) is 11.5 Å². The van der Waals surface area contributed by atoms with Gasteiger partial charge in [-0.3, -0.25) is 4.55 Å². The summed E-state index contributed by atoms with van der Waals surface area (Å²) in [4.78, 5) is 2.71. The van der Waals surface area contributed by atoms with E-state index in [-0.39, 0.29) is 11.4 Å². The minimum absolute atomic E-state index is 0.195. The van der Waals surface area contributed by atoms with Gasteiger partial charge in [-0.2, -0.15) is 21.6 Å². The first-order valence-corrected chi connectivity index (χ1v) is 13.3. The minimum atomic E-state index is -6.13. The third-order valence-corrected chi connectivity index (χ3v) is 8.18. The molecule has 194 valence electrons. The molecule has 0 spiro atoms. The molecule has 3 aromatic rings. The van der Waals surface area contributed by atoms with Crippen molar-refractivity contribution in [3.8, 4) is 11.5 Å². The molecule has 36 heavy (non-hydrogen) atoms. The van der Waals surface area contributed by atoms with E-state index in [2.05, 4.69) is 0 Å². The zero-order chi connectivity index (χ0) is 26.8. The lowest BCUT2D eigenvalue weighted by atomic mass is 10.2. The van der Waals surface area contributed by atoms with Crippen molar-refractivity contribution in [2.24, 2.45) is 0 Å². The summed E-state index contributed by atoms with van der Waals surface area (Å²) in [6.07, 6.45) is -5.89. The maximum atomic E-state index is 14.2. The van der Waals surface area contributed by atoms with E-state index >= 15 is 0 Å². The molecular formula is C25H25F4O5S2+. The zero-order valence-corrected chi connectivity index (χ0v) is 21.3. The lowest BCUT2D eigenvalue weighted by molar-refractivity contribution is -0.206. The predicted octanol–water partition coefficient (Wildman–Crippen LogP) is 6.45. The van der Waals surface area contributed by atoms with Gasteiger partial charge in [0.2, 0.25) is 0 Å². The molecule has 5 nitrogen and oxygen atoms in total. The molecule has 0 bridgehead atoms. The molecule has 0 saturated carbocycles. The Bertz CT molecular complexity index is 1260. The van der Waals surface area contributed by atoms with E-state index in [1.807, 2.05) is 75.4 Å². The maximum absolute atomic E-state index is 14.2. The fourth-order valence-corrected chi connectivity index (χ4v) is 5.68. The van der Waals surface area contributed by atoms with Crippen molar-refractivity contribution in [1.82, 2.24) is 0 Å². The second kappa shape index (κ2) is 10.3. The van der Waals surface area contributed by atoms with Crippen molar-refractivity contribution in [3.63, 3.8) is 0 Å². The molecule has 0 aromatic heterocycles. The van der Waals surface area contributed by atoms with Crippen molar-refractivity contribution >= 4 is 21.0 Å². The highest BCUT2D eigenvalue weighted by atomic mass is 32.2. The Morgan fingerprint density at radius 2 is 1.19 bits per heavy atom. The van der Waals surface area contributed by atoms with E-state index in [9.17, 15) is 26.0 Å². The summed E-state index contributed by atoms with van der Waals surface area (Å²) in [5.74, 6) is 0.504. The number of hydrogen-bond donors (Lipinski definition) is 1. The van der Waals surface area contributed by atoms with Crippen LogP contribution in [0.15, 0.2) is 93.5 Å². The standard InChI is InChI=1S/C25H24F4O5S2/c1-23(2,3)34-19-11-15-22(16-12-19)35(20-7-5-4-6-8-20)21-13-9-18(10-14-21)33-17-24(26,25(27,28)29)36(30,31)32/h4-16H,17H2,1-3H3/p+1. The molecule has 0 aliphatic rings. The molecular weight excluding hydrogens is 520 g/mol. The average Bonchev–Trinajstić information content (AvgIpc) is 2.78. The van der Waals surface area contributed by atoms with Gasteiger partial charge in [0.15, 0.2) is 14.7 Å². The molecule has 11 heteroatoms. The van der Waals surface area contributed by atoms with Crippen molar-refractivity contribution in [1.29, 1.82) is 0 Å². The minimum Gasteiger partial charge on any atom is -0.489 e. The van der Waals surface area contributed by atoms with Crippen LogP contribution in [0, 0.1) is 0 Å². The first-order valence-electron chi connectivity index (χ1n) is 10.6. The van der Waals surface area contributed by atoms with Gasteiger partial charge in [0.05, 0.1) is 10.9 Å². The van der Waals surface area contributed by atoms with Gasteiger partial charge >= 0.3 is 21.3 Å². The Balaban J connectivity index is 1.89. The van der Waals surface area contributed by atoms with E-state index in [1.165, 1.54) is 12.1 Å². The summed E-state index contributed by atoms with van der Waals surface area (Å²) in [7, 11) is -6.73. The summed E-state index contributed by atoms with van der Waals surface area (Å²) in [6, 6.07) is 22.9. The first-order chi connectivity index (χ1) is 16.6. The summed E-state index contributed by atoms with van der Waals surface area (Å²) >= 11 is 0. The largest absolute Gasteiger partial charge is 0.489 e. The predicted molar refractivity (Wildman–Crippen MR) is 129 cm³/mol. The second-order valence-corrected chi connectivity index (χ2v) is 12.4. The molecule has 3 aromatic carbocycles. The summed E-state index contributed by atoms with van der Waals surface area (Å²) in [6.45, 7) is 3.87. The van der Waals surface area contributed by atoms with Crippen LogP contribution in [0.4, 0.5) is 17.6 Å². The van der Waals surface area contributed by atoms with Crippen LogP contribution in [-0.2, 0) is 21.0 Å². The third kappa shape index (κ3) is 6.51. The highest BCUT2D eigenvalue weighted by molar-refractivity contribution is 7.97. The van der Waals surface area contributed by atoms with E-state index < -0.39 is 38.8 Å². The lowest BCUT2D eigenvalue weighted by Gasteiger charge is -2.24. The molecule has 2 atom stereocenters. The second-order valence-electron chi connectivity index (χ2n) is 8.77. The van der Waals surface area contributed by atoms with Crippen molar-refractivity contribution in [3.05, 3.63) is 78.9 Å². The van der Waals surface area contributed by atoms with Gasteiger partial charge in [-0.15, -0.1) is 0 Å². The monoisotopic (exact) mass is 545 g/mol. The van der Waals surface area contributed by atoms with Crippen molar-refractivity contribution in [2.75, 3.05) is 6.61 Å². The summed E-state index contributed by atoms with van der Waals surface area (Å²) in [5, 5.41) is -4.95. The van der Waals surface area contributed by atoms with Crippen molar-refractivity contribution in [2.45, 2.75) is 52.2 Å². The quantitative estimate of drug-likeness (QED) is 0.200. The van der Waals surface area contributed by atoms with Gasteiger partial charge in [0.1, 0.15) is 23.7 Å². The number of rotatable bonds is 8. The van der Waals surface area contributed by atoms with Crippen LogP contribution in [0.2, 0.25) is 0 Å². The number of hydrogen-bond acceptors (Lipinski definition) is 4. The molecule has 1 N–H and O–H groups in total. The highest BCUT2D eigenvalue weighted by Gasteiger charge is 2.66. The van der Waals surface area contributed by atoms with Crippen molar-refractivity contribution < 1.29 is 40.0 Å². The highest BCUT2D eigenvalue weighted by Crippen LogP contribution is 2.39. The van der Waals surface area contributed by atoms with Gasteiger partial charge in [-0.25, -0.2) is 4.39 Å². The Morgan fingerprint density at radius 1 is 0.750 bits per heavy atom. The average molecular weight is 546 g/mol. The Hall–Kier alpha value is -2.76. The normalized spacial score (nSPS) is 15.1. The molecule has 0 aliphatic heterocycles. The Morgan fingerprint density at radius 3 is 1.61 bits per heavy atom. The summed E-state index contributed by atoms with van der Waals surface area (Å²) in [5.41, 5.74) is -0.364. The van der Waals surface area contributed by atoms with Crippen LogP contribution in [0.1, 0.15) is 20.8 Å². The molecule has 0 aliphatic carbocycles. The number of benzene rings is 3. The van der Waals surface area contributed by atoms with Crippen LogP contribution in [0.3, 0.4) is 0 Å². The maximum Gasteiger partial charge on any atom is 0.443 e. The molecule has 2 unspecified atom stereocenters.